The molecule has 0 aliphatic rings. The molecule has 0 aliphatic carbocycles. The Kier molecular flexibility index (Phi) is 4.40. The molecule has 2 N–H and O–H groups in total. The highest BCUT2D eigenvalue weighted by atomic mass is 32.2. The second kappa shape index (κ2) is 6.47. The van der Waals surface area contributed by atoms with Crippen LogP contribution in [0.2, 0.25) is 0 Å². The first-order chi connectivity index (χ1) is 11.0. The summed E-state index contributed by atoms with van der Waals surface area (Å²) in [5.74, 6) is 0.836. The number of benzene rings is 1. The van der Waals surface area contributed by atoms with Crippen LogP contribution in [0.25, 0.3) is 0 Å². The summed E-state index contributed by atoms with van der Waals surface area (Å²) in [5.41, 5.74) is 1.41. The summed E-state index contributed by atoms with van der Waals surface area (Å²) in [6.07, 6.45) is 1.63. The lowest BCUT2D eigenvalue weighted by atomic mass is 10.3. The molecule has 23 heavy (non-hydrogen) atoms. The van der Waals surface area contributed by atoms with Gasteiger partial charge in [0.25, 0.3) is 10.0 Å². The maximum Gasteiger partial charge on any atom is 0.271 e. The molecule has 2 aromatic heterocycles. The van der Waals surface area contributed by atoms with Crippen molar-refractivity contribution in [2.24, 2.45) is 0 Å². The third kappa shape index (κ3) is 3.94. The molecule has 5 nitrogen and oxygen atoms in total. The Morgan fingerprint density at radius 2 is 1.78 bits per heavy atom. The highest BCUT2D eigenvalue weighted by Crippen LogP contribution is 2.24. The molecule has 3 aromatic rings. The summed E-state index contributed by atoms with van der Waals surface area (Å²) in [6.45, 7) is 2.45. The fourth-order valence-corrected chi connectivity index (χ4v) is 4.36. The van der Waals surface area contributed by atoms with Crippen molar-refractivity contribution < 1.29 is 12.8 Å². The molecule has 0 saturated carbocycles. The van der Waals surface area contributed by atoms with Gasteiger partial charge >= 0.3 is 0 Å². The van der Waals surface area contributed by atoms with Crippen molar-refractivity contribution in [1.29, 1.82) is 0 Å². The highest BCUT2D eigenvalue weighted by Gasteiger charge is 2.16. The van der Waals surface area contributed by atoms with Gasteiger partial charge in [-0.1, -0.05) is 0 Å². The Labute approximate surface area is 139 Å². The lowest BCUT2D eigenvalue weighted by Crippen LogP contribution is -2.11. The molecule has 0 spiro atoms. The number of hydrogen-bond donors (Lipinski definition) is 2. The average molecular weight is 348 g/mol. The van der Waals surface area contributed by atoms with E-state index >= 15 is 0 Å². The van der Waals surface area contributed by atoms with Crippen LogP contribution in [0, 0.1) is 6.92 Å². The second-order valence-corrected chi connectivity index (χ2v) is 8.18. The Morgan fingerprint density at radius 1 is 1.04 bits per heavy atom. The zero-order valence-corrected chi connectivity index (χ0v) is 14.1. The van der Waals surface area contributed by atoms with E-state index in [0.717, 1.165) is 16.3 Å². The molecule has 1 aromatic carbocycles. The zero-order chi connectivity index (χ0) is 16.3. The van der Waals surface area contributed by atoms with Crippen molar-refractivity contribution in [2.45, 2.75) is 17.7 Å². The molecule has 0 fully saturated rings. The Morgan fingerprint density at radius 3 is 2.39 bits per heavy atom. The van der Waals surface area contributed by atoms with Crippen molar-refractivity contribution in [1.82, 2.24) is 0 Å². The van der Waals surface area contributed by atoms with Gasteiger partial charge in [-0.05, 0) is 55.5 Å². The molecule has 7 heteroatoms. The lowest BCUT2D eigenvalue weighted by molar-refractivity contribution is 0.518. The van der Waals surface area contributed by atoms with E-state index in [4.69, 9.17) is 4.42 Å². The van der Waals surface area contributed by atoms with Crippen molar-refractivity contribution in [3.05, 3.63) is 65.4 Å². The van der Waals surface area contributed by atoms with Crippen LogP contribution in [0.15, 0.2) is 63.4 Å². The second-order valence-electron chi connectivity index (χ2n) is 4.98. The molecular weight excluding hydrogens is 332 g/mol. The number of thiophene rings is 1. The van der Waals surface area contributed by atoms with Gasteiger partial charge in [0.15, 0.2) is 0 Å². The zero-order valence-electron chi connectivity index (χ0n) is 12.4. The number of furan rings is 1. The molecule has 0 atom stereocenters. The first kappa shape index (κ1) is 15.6. The van der Waals surface area contributed by atoms with Crippen molar-refractivity contribution >= 4 is 32.7 Å². The maximum absolute atomic E-state index is 12.3. The van der Waals surface area contributed by atoms with Gasteiger partial charge in [-0.15, -0.1) is 11.3 Å². The van der Waals surface area contributed by atoms with E-state index in [1.165, 1.54) is 11.3 Å². The summed E-state index contributed by atoms with van der Waals surface area (Å²) in [4.78, 5) is 0.961. The van der Waals surface area contributed by atoms with Crippen LogP contribution >= 0.6 is 11.3 Å². The summed E-state index contributed by atoms with van der Waals surface area (Å²) in [6, 6.07) is 14.2. The van der Waals surface area contributed by atoms with Crippen molar-refractivity contribution in [2.75, 3.05) is 10.0 Å². The minimum Gasteiger partial charge on any atom is -0.467 e. The predicted molar refractivity (Wildman–Crippen MR) is 92.3 cm³/mol. The molecule has 3 rings (SSSR count). The molecule has 0 saturated heterocycles. The SMILES string of the molecule is Cc1ccc(S(=O)(=O)Nc2ccc(NCc3ccco3)cc2)s1. The quantitative estimate of drug-likeness (QED) is 0.704. The van der Waals surface area contributed by atoms with Crippen LogP contribution in [0.1, 0.15) is 10.6 Å². The molecule has 0 aliphatic heterocycles. The van der Waals surface area contributed by atoms with Gasteiger partial charge in [-0.3, -0.25) is 4.72 Å². The van der Waals surface area contributed by atoms with E-state index in [1.807, 2.05) is 31.2 Å². The van der Waals surface area contributed by atoms with Gasteiger partial charge in [-0.2, -0.15) is 0 Å². The predicted octanol–water partition coefficient (Wildman–Crippen LogP) is 4.06. The van der Waals surface area contributed by atoms with E-state index in [1.54, 1.807) is 30.5 Å². The molecular formula is C16H16N2O3S2. The third-order valence-electron chi connectivity index (χ3n) is 3.16. The molecule has 2 heterocycles. The largest absolute Gasteiger partial charge is 0.467 e. The topological polar surface area (TPSA) is 71.3 Å². The number of nitrogens with one attached hydrogen (secondary N) is 2. The van der Waals surface area contributed by atoms with Gasteiger partial charge in [0, 0.05) is 16.3 Å². The smallest absolute Gasteiger partial charge is 0.271 e. The first-order valence-corrected chi connectivity index (χ1v) is 9.28. The number of sulfonamides is 1. The van der Waals surface area contributed by atoms with Crippen LogP contribution in [0.3, 0.4) is 0 Å². The standard InChI is InChI=1S/C16H16N2O3S2/c1-12-4-9-16(22-12)23(19,20)18-14-7-5-13(6-8-14)17-11-15-3-2-10-21-15/h2-10,17-18H,11H2,1H3. The van der Waals surface area contributed by atoms with Crippen LogP contribution in [0.4, 0.5) is 11.4 Å². The number of anilines is 2. The Bertz CT molecular complexity index is 866. The van der Waals surface area contributed by atoms with Crippen LogP contribution in [0.5, 0.6) is 0 Å². The number of rotatable bonds is 6. The van der Waals surface area contributed by atoms with Gasteiger partial charge in [0.2, 0.25) is 0 Å². The third-order valence-corrected chi connectivity index (χ3v) is 6.04. The monoisotopic (exact) mass is 348 g/mol. The minimum absolute atomic E-state index is 0.315. The molecule has 0 unspecified atom stereocenters. The molecule has 0 radical (unpaired) electrons. The summed E-state index contributed by atoms with van der Waals surface area (Å²) < 4.78 is 32.6. The number of aryl methyl sites for hydroxylation is 1. The molecule has 120 valence electrons. The number of hydrogen-bond acceptors (Lipinski definition) is 5. The Hall–Kier alpha value is -2.25. The molecule has 0 bridgehead atoms. The van der Waals surface area contributed by atoms with Gasteiger partial charge in [-0.25, -0.2) is 8.42 Å². The van der Waals surface area contributed by atoms with Gasteiger partial charge < -0.3 is 9.73 Å². The summed E-state index contributed by atoms with van der Waals surface area (Å²) in [5, 5.41) is 3.20. The lowest BCUT2D eigenvalue weighted by Gasteiger charge is -2.08. The normalized spacial score (nSPS) is 11.3. The van der Waals surface area contributed by atoms with E-state index < -0.39 is 10.0 Å². The van der Waals surface area contributed by atoms with Gasteiger partial charge in [0.05, 0.1) is 12.8 Å². The van der Waals surface area contributed by atoms with E-state index in [-0.39, 0.29) is 0 Å². The summed E-state index contributed by atoms with van der Waals surface area (Å²) in [7, 11) is -3.52. The summed E-state index contributed by atoms with van der Waals surface area (Å²) >= 11 is 1.25. The van der Waals surface area contributed by atoms with Gasteiger partial charge in [0.1, 0.15) is 9.97 Å². The molecule has 0 amide bonds. The van der Waals surface area contributed by atoms with Crippen LogP contribution in [-0.2, 0) is 16.6 Å². The fraction of sp³-hybridized carbons (Fsp3) is 0.125. The average Bonchev–Trinajstić information content (AvgIpc) is 3.18. The fourth-order valence-electron chi connectivity index (χ4n) is 2.02. The highest BCUT2D eigenvalue weighted by molar-refractivity contribution is 7.94. The van der Waals surface area contributed by atoms with Crippen LogP contribution < -0.4 is 10.0 Å². The Balaban J connectivity index is 1.65. The maximum atomic E-state index is 12.3. The first-order valence-electron chi connectivity index (χ1n) is 6.98. The van der Waals surface area contributed by atoms with E-state index in [9.17, 15) is 8.42 Å². The minimum atomic E-state index is -3.52. The van der Waals surface area contributed by atoms with Crippen molar-refractivity contribution in [3.63, 3.8) is 0 Å². The van der Waals surface area contributed by atoms with E-state index in [0.29, 0.717) is 16.4 Å². The van der Waals surface area contributed by atoms with Crippen LogP contribution in [-0.4, -0.2) is 8.42 Å². The van der Waals surface area contributed by atoms with E-state index in [2.05, 4.69) is 10.0 Å². The van der Waals surface area contributed by atoms with Crippen molar-refractivity contribution in [3.8, 4) is 0 Å².